The van der Waals surface area contributed by atoms with Gasteiger partial charge in [-0.05, 0) is 31.2 Å². The number of non-ortho nitro benzene ring substituents is 1. The maximum Gasteiger partial charge on any atom is 0.338 e. The first-order valence-corrected chi connectivity index (χ1v) is 10.2. The third-order valence-corrected chi connectivity index (χ3v) is 5.24. The van der Waals surface area contributed by atoms with Crippen LogP contribution in [0.4, 0.5) is 11.4 Å². The second kappa shape index (κ2) is 10.5. The summed E-state index contributed by atoms with van der Waals surface area (Å²) in [5, 5.41) is 13.9. The number of esters is 1. The SMILES string of the molecule is COC(=O)c1cc(C(=O)NCCCN2CCN(c3ccccc3)CC2)cc([N+](=O)[O-])c1. The van der Waals surface area contributed by atoms with Gasteiger partial charge in [0.05, 0.1) is 17.6 Å². The van der Waals surface area contributed by atoms with E-state index in [0.29, 0.717) is 6.54 Å². The summed E-state index contributed by atoms with van der Waals surface area (Å²) in [4.78, 5) is 39.3. The van der Waals surface area contributed by atoms with E-state index in [1.807, 2.05) is 18.2 Å². The van der Waals surface area contributed by atoms with Crippen LogP contribution >= 0.6 is 0 Å². The maximum absolute atomic E-state index is 12.4. The van der Waals surface area contributed by atoms with E-state index in [-0.39, 0.29) is 16.8 Å². The number of amides is 1. The van der Waals surface area contributed by atoms with E-state index in [1.165, 1.54) is 18.9 Å². The molecule has 0 aliphatic carbocycles. The van der Waals surface area contributed by atoms with Crippen molar-refractivity contribution in [3.05, 3.63) is 69.8 Å². The van der Waals surface area contributed by atoms with Gasteiger partial charge in [-0.25, -0.2) is 4.79 Å². The topological polar surface area (TPSA) is 105 Å². The molecule has 1 N–H and O–H groups in total. The standard InChI is InChI=1S/C22H26N4O5/c1-31-22(28)18-14-17(15-20(16-18)26(29)30)21(27)23-8-5-9-24-10-12-25(13-11-24)19-6-3-2-4-7-19/h2-4,6-7,14-16H,5,8-13H2,1H3,(H,23,27). The highest BCUT2D eigenvalue weighted by Gasteiger charge is 2.19. The molecule has 0 saturated carbocycles. The van der Waals surface area contributed by atoms with Crippen LogP contribution in [-0.2, 0) is 4.74 Å². The molecule has 1 aliphatic heterocycles. The number of nitro groups is 1. The molecule has 9 nitrogen and oxygen atoms in total. The first-order valence-electron chi connectivity index (χ1n) is 10.2. The number of hydrogen-bond donors (Lipinski definition) is 1. The number of nitrogens with zero attached hydrogens (tertiary/aromatic N) is 3. The zero-order chi connectivity index (χ0) is 22.2. The summed E-state index contributed by atoms with van der Waals surface area (Å²) in [6.45, 7) is 5.12. The molecule has 0 bridgehead atoms. The molecule has 0 spiro atoms. The summed E-state index contributed by atoms with van der Waals surface area (Å²) in [6.07, 6.45) is 0.760. The van der Waals surface area contributed by atoms with Crippen LogP contribution in [0.2, 0.25) is 0 Å². The number of carbonyl (C=O) groups is 2. The Kier molecular flexibility index (Phi) is 7.55. The highest BCUT2D eigenvalue weighted by Crippen LogP contribution is 2.18. The second-order valence-corrected chi connectivity index (χ2v) is 7.29. The Morgan fingerprint density at radius 2 is 1.74 bits per heavy atom. The van der Waals surface area contributed by atoms with Gasteiger partial charge in [0, 0.05) is 56.1 Å². The molecule has 3 rings (SSSR count). The van der Waals surface area contributed by atoms with Crippen molar-refractivity contribution in [3.63, 3.8) is 0 Å². The van der Waals surface area contributed by atoms with Gasteiger partial charge in [0.15, 0.2) is 0 Å². The first-order chi connectivity index (χ1) is 15.0. The smallest absolute Gasteiger partial charge is 0.338 e. The van der Waals surface area contributed by atoms with Crippen LogP contribution in [0.5, 0.6) is 0 Å². The Morgan fingerprint density at radius 3 is 2.39 bits per heavy atom. The van der Waals surface area contributed by atoms with Crippen LogP contribution in [-0.4, -0.2) is 68.1 Å². The second-order valence-electron chi connectivity index (χ2n) is 7.29. The Bertz CT molecular complexity index is 927. The lowest BCUT2D eigenvalue weighted by Gasteiger charge is -2.36. The summed E-state index contributed by atoms with van der Waals surface area (Å²) < 4.78 is 4.61. The molecule has 9 heteroatoms. The predicted octanol–water partition coefficient (Wildman–Crippen LogP) is 2.32. The average Bonchev–Trinajstić information content (AvgIpc) is 2.81. The normalized spacial score (nSPS) is 14.2. The molecular weight excluding hydrogens is 400 g/mol. The lowest BCUT2D eigenvalue weighted by atomic mass is 10.1. The Labute approximate surface area is 180 Å². The zero-order valence-electron chi connectivity index (χ0n) is 17.5. The third kappa shape index (κ3) is 6.02. The Balaban J connectivity index is 1.46. The minimum atomic E-state index is -0.729. The largest absolute Gasteiger partial charge is 0.465 e. The van der Waals surface area contributed by atoms with Crippen molar-refractivity contribution < 1.29 is 19.2 Å². The molecule has 2 aromatic rings. The van der Waals surface area contributed by atoms with Gasteiger partial charge in [-0.2, -0.15) is 0 Å². The van der Waals surface area contributed by atoms with Crippen LogP contribution in [0, 0.1) is 10.1 Å². The fourth-order valence-corrected chi connectivity index (χ4v) is 3.56. The van der Waals surface area contributed by atoms with Crippen molar-refractivity contribution in [3.8, 4) is 0 Å². The third-order valence-electron chi connectivity index (χ3n) is 5.24. The Morgan fingerprint density at radius 1 is 1.06 bits per heavy atom. The summed E-state index contributed by atoms with van der Waals surface area (Å²) in [5.41, 5.74) is 0.936. The number of anilines is 1. The van der Waals surface area contributed by atoms with Crippen LogP contribution in [0.25, 0.3) is 0 Å². The average molecular weight is 426 g/mol. The molecule has 0 unspecified atom stereocenters. The van der Waals surface area contributed by atoms with Gasteiger partial charge in [-0.3, -0.25) is 19.8 Å². The van der Waals surface area contributed by atoms with E-state index in [0.717, 1.165) is 51.3 Å². The van der Waals surface area contributed by atoms with E-state index in [1.54, 1.807) is 0 Å². The van der Waals surface area contributed by atoms with Gasteiger partial charge in [0.1, 0.15) is 0 Å². The van der Waals surface area contributed by atoms with E-state index < -0.39 is 16.8 Å². The van der Waals surface area contributed by atoms with Gasteiger partial charge in [0.2, 0.25) is 0 Å². The van der Waals surface area contributed by atoms with Crippen LogP contribution in [0.15, 0.2) is 48.5 Å². The fraction of sp³-hybridized carbons (Fsp3) is 0.364. The molecule has 1 amide bonds. The fourth-order valence-electron chi connectivity index (χ4n) is 3.56. The van der Waals surface area contributed by atoms with Gasteiger partial charge < -0.3 is 15.0 Å². The predicted molar refractivity (Wildman–Crippen MR) is 116 cm³/mol. The first kappa shape index (κ1) is 22.2. The highest BCUT2D eigenvalue weighted by atomic mass is 16.6. The van der Waals surface area contributed by atoms with Crippen molar-refractivity contribution in [2.45, 2.75) is 6.42 Å². The minimum absolute atomic E-state index is 0.0295. The van der Waals surface area contributed by atoms with Crippen molar-refractivity contribution in [2.75, 3.05) is 51.3 Å². The number of methoxy groups -OCH3 is 1. The van der Waals surface area contributed by atoms with E-state index in [2.05, 4.69) is 32.0 Å². The van der Waals surface area contributed by atoms with Crippen molar-refractivity contribution in [1.29, 1.82) is 0 Å². The molecule has 0 atom stereocenters. The number of carbonyl (C=O) groups excluding carboxylic acids is 2. The van der Waals surface area contributed by atoms with E-state index >= 15 is 0 Å². The van der Waals surface area contributed by atoms with E-state index in [9.17, 15) is 19.7 Å². The lowest BCUT2D eigenvalue weighted by molar-refractivity contribution is -0.384. The molecule has 0 radical (unpaired) electrons. The molecule has 2 aromatic carbocycles. The molecular formula is C22H26N4O5. The molecule has 164 valence electrons. The van der Waals surface area contributed by atoms with Crippen molar-refractivity contribution >= 4 is 23.3 Å². The van der Waals surface area contributed by atoms with Gasteiger partial charge in [0.25, 0.3) is 11.6 Å². The van der Waals surface area contributed by atoms with Crippen LogP contribution in [0.3, 0.4) is 0 Å². The van der Waals surface area contributed by atoms with Crippen molar-refractivity contribution in [2.24, 2.45) is 0 Å². The van der Waals surface area contributed by atoms with Gasteiger partial charge in [-0.15, -0.1) is 0 Å². The van der Waals surface area contributed by atoms with Gasteiger partial charge in [-0.1, -0.05) is 18.2 Å². The number of piperazine rings is 1. The summed E-state index contributed by atoms with van der Waals surface area (Å²) in [7, 11) is 1.18. The summed E-state index contributed by atoms with van der Waals surface area (Å²) in [5.74, 6) is -1.19. The number of para-hydroxylation sites is 1. The Hall–Kier alpha value is -3.46. The molecule has 1 aliphatic rings. The number of nitro benzene ring substituents is 1. The number of ether oxygens (including phenoxy) is 1. The molecule has 31 heavy (non-hydrogen) atoms. The number of benzene rings is 2. The number of rotatable bonds is 8. The maximum atomic E-state index is 12.4. The monoisotopic (exact) mass is 426 g/mol. The van der Waals surface area contributed by atoms with Gasteiger partial charge >= 0.3 is 5.97 Å². The number of nitrogens with one attached hydrogen (secondary N) is 1. The number of hydrogen-bond acceptors (Lipinski definition) is 7. The van der Waals surface area contributed by atoms with E-state index in [4.69, 9.17) is 0 Å². The molecule has 1 saturated heterocycles. The zero-order valence-corrected chi connectivity index (χ0v) is 17.5. The quantitative estimate of drug-likeness (QED) is 0.299. The minimum Gasteiger partial charge on any atom is -0.465 e. The lowest BCUT2D eigenvalue weighted by Crippen LogP contribution is -2.47. The molecule has 1 fully saturated rings. The van der Waals surface area contributed by atoms with Crippen molar-refractivity contribution in [1.82, 2.24) is 10.2 Å². The molecule has 0 aromatic heterocycles. The summed E-state index contributed by atoms with van der Waals surface area (Å²) >= 11 is 0. The van der Waals surface area contributed by atoms with Crippen LogP contribution in [0.1, 0.15) is 27.1 Å². The highest BCUT2D eigenvalue weighted by molar-refractivity contribution is 5.98. The van der Waals surface area contributed by atoms with Crippen LogP contribution < -0.4 is 10.2 Å². The molecule has 1 heterocycles. The summed E-state index contributed by atoms with van der Waals surface area (Å²) in [6, 6.07) is 13.9.